The molecule has 0 spiro atoms. The number of phenols is 1. The number of nitrogens with one attached hydrogen (secondary N) is 1. The minimum absolute atomic E-state index is 0.0421. The van der Waals surface area contributed by atoms with Crippen molar-refractivity contribution in [1.82, 2.24) is 5.32 Å². The number of nitrogens with zero attached hydrogens (tertiary/aromatic N) is 1. The molecule has 0 bridgehead atoms. The number of carboxylic acid groups (broad SMARTS) is 1. The number of fused-ring (bicyclic) bond motifs is 1. The molecule has 4 unspecified atom stereocenters. The van der Waals surface area contributed by atoms with Crippen molar-refractivity contribution >= 4 is 23.5 Å². The first-order chi connectivity index (χ1) is 18.8. The van der Waals surface area contributed by atoms with Crippen LogP contribution >= 0.6 is 0 Å². The summed E-state index contributed by atoms with van der Waals surface area (Å²) in [5.74, 6) is -3.49. The van der Waals surface area contributed by atoms with Gasteiger partial charge in [-0.1, -0.05) is 50.2 Å². The Morgan fingerprint density at radius 3 is 2.15 bits per heavy atom. The molecule has 0 aliphatic carbocycles. The number of anilines is 1. The number of carbonyl (C=O) groups excluding carboxylic acids is 2. The minimum atomic E-state index is -1.74. The van der Waals surface area contributed by atoms with Gasteiger partial charge in [0.05, 0.1) is 24.1 Å². The number of aromatic hydroxyl groups is 1. The number of carbonyl (C=O) groups is 3. The average Bonchev–Trinajstić information content (AvgIpc) is 3.43. The zero-order chi connectivity index (χ0) is 27.7. The number of hydrogen-bond donors (Lipinski definition) is 3. The number of phenolic OH excluding ortho intramolecular Hbond substituents is 1. The monoisotopic (exact) mass is 528 g/mol. The summed E-state index contributed by atoms with van der Waals surface area (Å²) in [6.07, 6.45) is 1.63. The lowest BCUT2D eigenvalue weighted by Crippen LogP contribution is -2.57. The number of hydrogen-bond acceptors (Lipinski definition) is 6. The maximum absolute atomic E-state index is 14.0. The molecule has 2 amide bonds. The molecule has 5 rings (SSSR count). The second kappa shape index (κ2) is 10.5. The third-order valence-electron chi connectivity index (χ3n) is 7.77. The Kier molecular flexibility index (Phi) is 7.14. The summed E-state index contributed by atoms with van der Waals surface area (Å²) in [5, 5.41) is 23.6. The molecule has 0 aromatic heterocycles. The molecule has 0 radical (unpaired) electrons. The number of aryl methyl sites for hydroxylation is 1. The van der Waals surface area contributed by atoms with Crippen molar-refractivity contribution in [2.75, 3.05) is 11.5 Å². The standard InChI is InChI=1S/C31H32N2O6/c1-3-17-39-24-15-9-21(10-16-24)27-25-26(29(36)33(28(25)35)22-11-5-19(4-2)6-12-22)31(32-27,30(37)38)18-20-7-13-23(34)14-8-20/h5-16,25-27,32,34H,3-4,17-18H2,1-2H3,(H,37,38). The highest BCUT2D eigenvalue weighted by atomic mass is 16.5. The van der Waals surface area contributed by atoms with E-state index in [0.29, 0.717) is 29.2 Å². The fourth-order valence-electron chi connectivity index (χ4n) is 5.79. The number of carboxylic acids is 1. The maximum atomic E-state index is 14.0. The highest BCUT2D eigenvalue weighted by molar-refractivity contribution is 6.24. The Labute approximate surface area is 227 Å². The van der Waals surface area contributed by atoms with E-state index < -0.39 is 41.2 Å². The molecule has 2 saturated heterocycles. The molecule has 4 atom stereocenters. The van der Waals surface area contributed by atoms with Crippen LogP contribution in [0.15, 0.2) is 72.8 Å². The smallest absolute Gasteiger partial charge is 0.325 e. The fraction of sp³-hybridized carbons (Fsp3) is 0.323. The third-order valence-corrected chi connectivity index (χ3v) is 7.77. The van der Waals surface area contributed by atoms with Crippen molar-refractivity contribution in [3.8, 4) is 11.5 Å². The summed E-state index contributed by atoms with van der Waals surface area (Å²) in [6.45, 7) is 4.60. The molecular weight excluding hydrogens is 496 g/mol. The number of rotatable bonds is 9. The first-order valence-corrected chi connectivity index (χ1v) is 13.3. The number of amides is 2. The van der Waals surface area contributed by atoms with Gasteiger partial charge >= 0.3 is 5.97 Å². The first-order valence-electron chi connectivity index (χ1n) is 13.3. The number of imide groups is 1. The van der Waals surface area contributed by atoms with E-state index >= 15 is 0 Å². The van der Waals surface area contributed by atoms with Gasteiger partial charge in [0.25, 0.3) is 0 Å². The lowest BCUT2D eigenvalue weighted by atomic mass is 9.76. The summed E-state index contributed by atoms with van der Waals surface area (Å²) in [7, 11) is 0. The van der Waals surface area contributed by atoms with Crippen molar-refractivity contribution in [2.45, 2.75) is 44.7 Å². The van der Waals surface area contributed by atoms with E-state index in [1.165, 1.54) is 12.1 Å². The Balaban J connectivity index is 1.59. The second-order valence-electron chi connectivity index (χ2n) is 10.2. The van der Waals surface area contributed by atoms with Crippen molar-refractivity contribution in [1.29, 1.82) is 0 Å². The SMILES string of the molecule is CCCOc1ccc(C2NC(Cc3ccc(O)cc3)(C(=O)O)C3C(=O)N(c4ccc(CC)cc4)C(=O)C23)cc1. The van der Waals surface area contributed by atoms with Gasteiger partial charge in [0, 0.05) is 12.5 Å². The normalized spacial score (nSPS) is 24.2. The molecule has 3 aromatic rings. The van der Waals surface area contributed by atoms with Gasteiger partial charge in [0.1, 0.15) is 17.0 Å². The van der Waals surface area contributed by atoms with E-state index in [1.807, 2.05) is 38.1 Å². The van der Waals surface area contributed by atoms with E-state index in [0.717, 1.165) is 23.3 Å². The Morgan fingerprint density at radius 2 is 1.56 bits per heavy atom. The topological polar surface area (TPSA) is 116 Å². The van der Waals surface area contributed by atoms with Crippen LogP contribution in [-0.4, -0.2) is 40.1 Å². The Hall–Kier alpha value is -4.17. The van der Waals surface area contributed by atoms with Crippen molar-refractivity contribution in [2.24, 2.45) is 11.8 Å². The van der Waals surface area contributed by atoms with Crippen LogP contribution < -0.4 is 15.0 Å². The molecule has 2 heterocycles. The molecule has 8 heteroatoms. The summed E-state index contributed by atoms with van der Waals surface area (Å²) in [5.41, 5.74) is 1.08. The van der Waals surface area contributed by atoms with Gasteiger partial charge in [0.15, 0.2) is 0 Å². The molecule has 39 heavy (non-hydrogen) atoms. The molecule has 2 aliphatic rings. The minimum Gasteiger partial charge on any atom is -0.508 e. The molecule has 8 nitrogen and oxygen atoms in total. The van der Waals surface area contributed by atoms with Gasteiger partial charge < -0.3 is 14.9 Å². The van der Waals surface area contributed by atoms with Crippen molar-refractivity contribution in [3.63, 3.8) is 0 Å². The average molecular weight is 529 g/mol. The number of aliphatic carboxylic acids is 1. The zero-order valence-corrected chi connectivity index (χ0v) is 22.0. The molecule has 3 N–H and O–H groups in total. The predicted molar refractivity (Wildman–Crippen MR) is 146 cm³/mol. The van der Waals surface area contributed by atoms with E-state index in [2.05, 4.69) is 5.32 Å². The Morgan fingerprint density at radius 1 is 0.923 bits per heavy atom. The van der Waals surface area contributed by atoms with Crippen LogP contribution in [0.4, 0.5) is 5.69 Å². The molecule has 3 aromatic carbocycles. The van der Waals surface area contributed by atoms with Crippen molar-refractivity contribution in [3.05, 3.63) is 89.5 Å². The zero-order valence-electron chi connectivity index (χ0n) is 22.0. The van der Waals surface area contributed by atoms with Gasteiger partial charge in [-0.3, -0.25) is 19.7 Å². The quantitative estimate of drug-likeness (QED) is 0.356. The molecule has 2 fully saturated rings. The summed E-state index contributed by atoms with van der Waals surface area (Å²) in [6, 6.07) is 19.9. The number of benzene rings is 3. The highest BCUT2D eigenvalue weighted by Gasteiger charge is 2.68. The lowest BCUT2D eigenvalue weighted by molar-refractivity contribution is -0.148. The van der Waals surface area contributed by atoms with Crippen LogP contribution in [0.5, 0.6) is 11.5 Å². The first kappa shape index (κ1) is 26.4. The maximum Gasteiger partial charge on any atom is 0.325 e. The highest BCUT2D eigenvalue weighted by Crippen LogP contribution is 2.51. The second-order valence-corrected chi connectivity index (χ2v) is 10.2. The van der Waals surface area contributed by atoms with Crippen molar-refractivity contribution < 1.29 is 29.3 Å². The molecule has 202 valence electrons. The van der Waals surface area contributed by atoms with E-state index in [4.69, 9.17) is 4.74 Å². The summed E-state index contributed by atoms with van der Waals surface area (Å²) < 4.78 is 5.69. The van der Waals surface area contributed by atoms with E-state index in [-0.39, 0.29) is 12.2 Å². The lowest BCUT2D eigenvalue weighted by Gasteiger charge is -2.31. The van der Waals surface area contributed by atoms with E-state index in [9.17, 15) is 24.6 Å². The summed E-state index contributed by atoms with van der Waals surface area (Å²) >= 11 is 0. The predicted octanol–water partition coefficient (Wildman–Crippen LogP) is 4.26. The van der Waals surface area contributed by atoms with Crippen LogP contribution in [-0.2, 0) is 27.2 Å². The van der Waals surface area contributed by atoms with Crippen LogP contribution in [0.25, 0.3) is 0 Å². The number of ether oxygens (including phenoxy) is 1. The van der Waals surface area contributed by atoms with Gasteiger partial charge in [-0.05, 0) is 65.9 Å². The summed E-state index contributed by atoms with van der Waals surface area (Å²) in [4.78, 5) is 42.2. The van der Waals surface area contributed by atoms with Gasteiger partial charge in [0.2, 0.25) is 11.8 Å². The molecule has 2 aliphatic heterocycles. The van der Waals surface area contributed by atoms with Crippen LogP contribution in [0.2, 0.25) is 0 Å². The fourth-order valence-corrected chi connectivity index (χ4v) is 5.79. The van der Waals surface area contributed by atoms with Gasteiger partial charge in [-0.15, -0.1) is 0 Å². The van der Waals surface area contributed by atoms with Gasteiger partial charge in [-0.2, -0.15) is 0 Å². The molecule has 0 saturated carbocycles. The van der Waals surface area contributed by atoms with Crippen LogP contribution in [0, 0.1) is 11.8 Å². The van der Waals surface area contributed by atoms with Crippen LogP contribution in [0.1, 0.15) is 43.0 Å². The van der Waals surface area contributed by atoms with Gasteiger partial charge in [-0.25, -0.2) is 4.90 Å². The van der Waals surface area contributed by atoms with Crippen LogP contribution in [0.3, 0.4) is 0 Å². The molecular formula is C31H32N2O6. The Bertz CT molecular complexity index is 1370. The largest absolute Gasteiger partial charge is 0.508 e. The third kappa shape index (κ3) is 4.65. The van der Waals surface area contributed by atoms with E-state index in [1.54, 1.807) is 36.4 Å².